The van der Waals surface area contributed by atoms with Gasteiger partial charge >= 0.3 is 12.1 Å². The minimum Gasteiger partial charge on any atom is -0.497 e. The zero-order valence-corrected chi connectivity index (χ0v) is 21.9. The Hall–Kier alpha value is -3.50. The number of allylic oxidation sites excluding steroid dienone is 1. The van der Waals surface area contributed by atoms with Crippen molar-refractivity contribution in [2.45, 2.75) is 64.2 Å². The molecule has 0 N–H and O–H groups in total. The van der Waals surface area contributed by atoms with Gasteiger partial charge in [-0.3, -0.25) is 4.90 Å². The number of alkyl halides is 2. The Kier molecular flexibility index (Phi) is 8.24. The van der Waals surface area contributed by atoms with Gasteiger partial charge in [0, 0.05) is 18.4 Å². The van der Waals surface area contributed by atoms with Crippen LogP contribution in [0.5, 0.6) is 11.6 Å². The van der Waals surface area contributed by atoms with Crippen LogP contribution in [0, 0.1) is 5.92 Å². The molecular formula is C26H33F2N3O6. The van der Waals surface area contributed by atoms with Gasteiger partial charge in [0.1, 0.15) is 23.5 Å². The first-order valence-electron chi connectivity index (χ1n) is 11.9. The number of methoxy groups -OCH3 is 2. The smallest absolute Gasteiger partial charge is 0.411 e. The molecule has 1 aliphatic rings. The van der Waals surface area contributed by atoms with Crippen molar-refractivity contribution in [1.29, 1.82) is 0 Å². The van der Waals surface area contributed by atoms with Crippen molar-refractivity contribution in [3.63, 3.8) is 0 Å². The number of nitrogens with zero attached hydrogens (tertiary/aromatic N) is 3. The molecule has 9 nitrogen and oxygen atoms in total. The largest absolute Gasteiger partial charge is 0.497 e. The predicted molar refractivity (Wildman–Crippen MR) is 132 cm³/mol. The Morgan fingerprint density at radius 1 is 1.19 bits per heavy atom. The molecule has 1 amide bonds. The second-order valence-electron chi connectivity index (χ2n) is 9.76. The number of hydrogen-bond acceptors (Lipinski definition) is 8. The number of carbonyl (C=O) groups excluding carboxylic acids is 2. The van der Waals surface area contributed by atoms with E-state index in [1.807, 2.05) is 0 Å². The monoisotopic (exact) mass is 521 g/mol. The molecule has 0 bridgehead atoms. The Balaban J connectivity index is 2.08. The van der Waals surface area contributed by atoms with Gasteiger partial charge in [0.2, 0.25) is 5.88 Å². The van der Waals surface area contributed by atoms with Crippen molar-refractivity contribution in [1.82, 2.24) is 14.9 Å². The maximum Gasteiger partial charge on any atom is 0.411 e. The van der Waals surface area contributed by atoms with E-state index in [2.05, 4.69) is 16.5 Å². The van der Waals surface area contributed by atoms with E-state index >= 15 is 8.78 Å². The number of carbonyl (C=O) groups is 2. The lowest BCUT2D eigenvalue weighted by atomic mass is 9.95. The van der Waals surface area contributed by atoms with E-state index in [4.69, 9.17) is 18.9 Å². The van der Waals surface area contributed by atoms with Gasteiger partial charge in [0.25, 0.3) is 5.92 Å². The first-order chi connectivity index (χ1) is 17.3. The second kappa shape index (κ2) is 10.9. The highest BCUT2D eigenvalue weighted by atomic mass is 19.3. The third kappa shape index (κ3) is 6.08. The van der Waals surface area contributed by atoms with Gasteiger partial charge in [0.05, 0.1) is 31.8 Å². The van der Waals surface area contributed by atoms with E-state index in [0.717, 1.165) is 6.08 Å². The molecular weight excluding hydrogens is 488 g/mol. The topological polar surface area (TPSA) is 100 Å². The fourth-order valence-corrected chi connectivity index (χ4v) is 4.31. The summed E-state index contributed by atoms with van der Waals surface area (Å²) >= 11 is 0. The van der Waals surface area contributed by atoms with Crippen LogP contribution in [0.3, 0.4) is 0 Å². The van der Waals surface area contributed by atoms with Crippen molar-refractivity contribution in [3.05, 3.63) is 36.5 Å². The molecule has 2 aromatic rings. The lowest BCUT2D eigenvalue weighted by Crippen LogP contribution is -2.46. The number of fused-ring (bicyclic) bond motifs is 1. The number of rotatable bonds is 8. The second-order valence-corrected chi connectivity index (χ2v) is 9.76. The number of aromatic nitrogens is 2. The molecule has 1 saturated heterocycles. The first kappa shape index (κ1) is 28.1. The van der Waals surface area contributed by atoms with Crippen molar-refractivity contribution >= 4 is 23.1 Å². The van der Waals surface area contributed by atoms with E-state index in [-0.39, 0.29) is 17.6 Å². The summed E-state index contributed by atoms with van der Waals surface area (Å²) < 4.78 is 52.0. The summed E-state index contributed by atoms with van der Waals surface area (Å²) in [7, 11) is 2.69. The van der Waals surface area contributed by atoms with E-state index < -0.39 is 59.6 Å². The molecule has 37 heavy (non-hydrogen) atoms. The molecule has 1 unspecified atom stereocenters. The van der Waals surface area contributed by atoms with Gasteiger partial charge in [-0.25, -0.2) is 19.6 Å². The molecule has 2 heterocycles. The van der Waals surface area contributed by atoms with Crippen LogP contribution in [0.25, 0.3) is 11.0 Å². The Morgan fingerprint density at radius 3 is 2.46 bits per heavy atom. The first-order valence-corrected chi connectivity index (χ1v) is 11.9. The summed E-state index contributed by atoms with van der Waals surface area (Å²) in [4.78, 5) is 35.4. The number of hydrogen-bond donors (Lipinski definition) is 0. The van der Waals surface area contributed by atoms with Crippen molar-refractivity contribution in [3.8, 4) is 11.6 Å². The van der Waals surface area contributed by atoms with Crippen LogP contribution >= 0.6 is 0 Å². The van der Waals surface area contributed by atoms with E-state index in [1.165, 1.54) is 25.2 Å². The number of benzene rings is 1. The molecule has 0 saturated carbocycles. The third-order valence-electron chi connectivity index (χ3n) is 5.99. The zero-order valence-electron chi connectivity index (χ0n) is 21.9. The molecule has 1 fully saturated rings. The predicted octanol–water partition coefficient (Wildman–Crippen LogP) is 4.87. The van der Waals surface area contributed by atoms with E-state index in [9.17, 15) is 9.59 Å². The SMILES string of the molecule is C=CCC(F)(F)c1nc2ccc(OC)cc2nc1O[C@H]1CN(C(=O)OC(C)(C)C)C(C(=O)OC)[C@@H]1CC. The normalized spacial score (nSPS) is 20.0. The molecule has 1 aromatic carbocycles. The Bertz CT molecular complexity index is 1170. The number of ether oxygens (including phenoxy) is 4. The summed E-state index contributed by atoms with van der Waals surface area (Å²) in [5.74, 6) is -4.59. The van der Waals surface area contributed by atoms with Crippen LogP contribution in [-0.2, 0) is 20.2 Å². The summed E-state index contributed by atoms with van der Waals surface area (Å²) in [6.07, 6.45) is -0.810. The van der Waals surface area contributed by atoms with Crippen molar-refractivity contribution < 1.29 is 37.3 Å². The molecule has 3 atom stereocenters. The van der Waals surface area contributed by atoms with Crippen molar-refractivity contribution in [2.24, 2.45) is 5.92 Å². The van der Waals surface area contributed by atoms with Crippen LogP contribution in [0.4, 0.5) is 13.6 Å². The lowest BCUT2D eigenvalue weighted by molar-refractivity contribution is -0.147. The molecule has 0 spiro atoms. The quantitative estimate of drug-likeness (QED) is 0.358. The van der Waals surface area contributed by atoms with Gasteiger partial charge in [-0.15, -0.1) is 6.58 Å². The molecule has 3 rings (SSSR count). The molecule has 1 aromatic heterocycles. The van der Waals surface area contributed by atoms with Crippen LogP contribution < -0.4 is 9.47 Å². The number of amides is 1. The van der Waals surface area contributed by atoms with Gasteiger partial charge in [-0.1, -0.05) is 13.0 Å². The number of esters is 1. The standard InChI is InChI=1S/C26H33F2N3O6/c1-8-12-26(27,28)21-22(30-18-13-15(34-6)10-11-17(18)29-21)36-19-14-31(24(33)37-25(3,4)5)20(16(19)9-2)23(32)35-7/h8,10-11,13,16,19-20H,1,9,12,14H2,2-7H3/t16-,19+,20?/m1/s1. The summed E-state index contributed by atoms with van der Waals surface area (Å²) in [6.45, 7) is 10.2. The van der Waals surface area contributed by atoms with Gasteiger partial charge in [0.15, 0.2) is 5.69 Å². The fraction of sp³-hybridized carbons (Fsp3) is 0.538. The molecule has 0 aliphatic carbocycles. The highest BCUT2D eigenvalue weighted by Gasteiger charge is 2.51. The van der Waals surface area contributed by atoms with Crippen LogP contribution in [-0.4, -0.2) is 65.4 Å². The van der Waals surface area contributed by atoms with Crippen LogP contribution in [0.15, 0.2) is 30.9 Å². The Labute approximate surface area is 214 Å². The van der Waals surface area contributed by atoms with Gasteiger partial charge in [-0.2, -0.15) is 8.78 Å². The van der Waals surface area contributed by atoms with Crippen molar-refractivity contribution in [2.75, 3.05) is 20.8 Å². The van der Waals surface area contributed by atoms with Crippen LogP contribution in [0.1, 0.15) is 46.2 Å². The van der Waals surface area contributed by atoms with E-state index in [0.29, 0.717) is 12.2 Å². The average Bonchev–Trinajstić information content (AvgIpc) is 3.19. The van der Waals surface area contributed by atoms with Crippen LogP contribution in [0.2, 0.25) is 0 Å². The maximum atomic E-state index is 15.2. The summed E-state index contributed by atoms with van der Waals surface area (Å²) in [6, 6.07) is 3.65. The third-order valence-corrected chi connectivity index (χ3v) is 5.99. The molecule has 0 radical (unpaired) electrons. The minimum absolute atomic E-state index is 0.0997. The van der Waals surface area contributed by atoms with Gasteiger partial charge < -0.3 is 18.9 Å². The fourth-order valence-electron chi connectivity index (χ4n) is 4.31. The zero-order chi connectivity index (χ0) is 27.5. The highest BCUT2D eigenvalue weighted by Crippen LogP contribution is 2.40. The highest BCUT2D eigenvalue weighted by molar-refractivity contribution is 5.83. The number of likely N-dealkylation sites (tertiary alicyclic amines) is 1. The molecule has 11 heteroatoms. The molecule has 1 aliphatic heterocycles. The molecule has 202 valence electrons. The summed E-state index contributed by atoms with van der Waals surface area (Å²) in [5, 5.41) is 0. The Morgan fingerprint density at radius 2 is 1.89 bits per heavy atom. The maximum absolute atomic E-state index is 15.2. The van der Waals surface area contributed by atoms with E-state index in [1.54, 1.807) is 39.8 Å². The lowest BCUT2D eigenvalue weighted by Gasteiger charge is -2.28. The van der Waals surface area contributed by atoms with Gasteiger partial charge in [-0.05, 0) is 39.3 Å². The number of halogens is 2. The summed E-state index contributed by atoms with van der Waals surface area (Å²) in [5.41, 5.74) is -0.966. The minimum atomic E-state index is -3.43. The average molecular weight is 522 g/mol.